The lowest BCUT2D eigenvalue weighted by molar-refractivity contribution is -0.0585. The third kappa shape index (κ3) is 3.60. The van der Waals surface area contributed by atoms with E-state index in [1.165, 1.54) is 11.3 Å². The van der Waals surface area contributed by atoms with Crippen molar-refractivity contribution in [2.24, 2.45) is 0 Å². The number of thiophene rings is 1. The zero-order chi connectivity index (χ0) is 14.5. The van der Waals surface area contributed by atoms with Gasteiger partial charge in [0, 0.05) is 25.1 Å². The first kappa shape index (κ1) is 15.0. The van der Waals surface area contributed by atoms with Gasteiger partial charge in [-0.15, -0.1) is 11.3 Å². The average molecular weight is 293 g/mol. The van der Waals surface area contributed by atoms with E-state index in [2.05, 4.69) is 11.8 Å². The topological polar surface area (TPSA) is 49.8 Å². The van der Waals surface area contributed by atoms with Gasteiger partial charge in [-0.3, -0.25) is 4.79 Å². The second-order valence-electron chi connectivity index (χ2n) is 4.91. The van der Waals surface area contributed by atoms with E-state index >= 15 is 0 Å². The number of carbonyl (C=O) groups is 1. The second-order valence-corrected chi connectivity index (χ2v) is 5.82. The fraction of sp³-hybridized carbons (Fsp3) is 0.533. The van der Waals surface area contributed by atoms with Crippen molar-refractivity contribution >= 4 is 17.2 Å². The van der Waals surface area contributed by atoms with E-state index in [0.29, 0.717) is 24.4 Å². The molecular formula is C15H19NO3S. The van der Waals surface area contributed by atoms with Crippen molar-refractivity contribution in [3.63, 3.8) is 0 Å². The number of hydrogen-bond donors (Lipinski definition) is 1. The maximum atomic E-state index is 12.6. The third-order valence-corrected chi connectivity index (χ3v) is 3.93. The zero-order valence-corrected chi connectivity index (χ0v) is 12.6. The van der Waals surface area contributed by atoms with Gasteiger partial charge in [0.15, 0.2) is 0 Å². The van der Waals surface area contributed by atoms with Gasteiger partial charge in [0.25, 0.3) is 5.91 Å². The van der Waals surface area contributed by atoms with Crippen molar-refractivity contribution < 1.29 is 14.6 Å². The first-order chi connectivity index (χ1) is 9.61. The molecule has 0 spiro atoms. The fourth-order valence-corrected chi connectivity index (χ4v) is 3.09. The number of hydrogen-bond acceptors (Lipinski definition) is 4. The summed E-state index contributed by atoms with van der Waals surface area (Å²) in [7, 11) is 0. The zero-order valence-electron chi connectivity index (χ0n) is 11.8. The molecule has 0 radical (unpaired) electrons. The molecule has 0 bridgehead atoms. The molecule has 2 rings (SSSR count). The summed E-state index contributed by atoms with van der Waals surface area (Å²) >= 11 is 1.41. The van der Waals surface area contributed by atoms with Gasteiger partial charge in [0.1, 0.15) is 4.88 Å². The molecule has 5 heteroatoms. The first-order valence-electron chi connectivity index (χ1n) is 6.73. The molecule has 1 amide bonds. The minimum absolute atomic E-state index is 0.0234. The van der Waals surface area contributed by atoms with Gasteiger partial charge in [-0.2, -0.15) is 0 Å². The molecule has 2 atom stereocenters. The Hall–Kier alpha value is -1.35. The molecule has 1 N–H and O–H groups in total. The standard InChI is InChI=1S/C15H19NO3S/c1-11-9-16(10-12(2)19-11)15(18)14-13(6-8-20-14)5-3-4-7-17/h6,8,11-12,17H,4,7,9-10H2,1-2H3/t11-,12+. The van der Waals surface area contributed by atoms with Crippen LogP contribution >= 0.6 is 11.3 Å². The number of morpholine rings is 1. The summed E-state index contributed by atoms with van der Waals surface area (Å²) in [6.45, 7) is 5.23. The van der Waals surface area contributed by atoms with Gasteiger partial charge in [-0.25, -0.2) is 0 Å². The van der Waals surface area contributed by atoms with Gasteiger partial charge in [0.2, 0.25) is 0 Å². The van der Waals surface area contributed by atoms with Gasteiger partial charge < -0.3 is 14.7 Å². The summed E-state index contributed by atoms with van der Waals surface area (Å²) < 4.78 is 5.65. The van der Waals surface area contributed by atoms with E-state index in [1.807, 2.05) is 30.2 Å². The van der Waals surface area contributed by atoms with Crippen molar-refractivity contribution in [3.05, 3.63) is 21.9 Å². The van der Waals surface area contributed by atoms with Crippen LogP contribution in [0, 0.1) is 11.8 Å². The molecule has 1 aromatic rings. The molecule has 4 nitrogen and oxygen atoms in total. The van der Waals surface area contributed by atoms with Gasteiger partial charge in [0.05, 0.1) is 18.8 Å². The lowest BCUT2D eigenvalue weighted by atomic mass is 10.2. The highest BCUT2D eigenvalue weighted by Crippen LogP contribution is 2.21. The highest BCUT2D eigenvalue weighted by molar-refractivity contribution is 7.12. The molecule has 0 unspecified atom stereocenters. The van der Waals surface area contributed by atoms with Crippen molar-refractivity contribution in [2.45, 2.75) is 32.5 Å². The van der Waals surface area contributed by atoms with E-state index in [-0.39, 0.29) is 24.7 Å². The van der Waals surface area contributed by atoms with E-state index < -0.39 is 0 Å². The summed E-state index contributed by atoms with van der Waals surface area (Å²) in [5.41, 5.74) is 0.750. The lowest BCUT2D eigenvalue weighted by Gasteiger charge is -2.35. The van der Waals surface area contributed by atoms with Crippen LogP contribution in [0.5, 0.6) is 0 Å². The number of amides is 1. The Balaban J connectivity index is 2.13. The number of nitrogens with zero attached hydrogens (tertiary/aromatic N) is 1. The smallest absolute Gasteiger partial charge is 0.265 e. The Morgan fingerprint density at radius 2 is 2.20 bits per heavy atom. The van der Waals surface area contributed by atoms with Crippen LogP contribution in [0.3, 0.4) is 0 Å². The van der Waals surface area contributed by atoms with Crippen LogP contribution < -0.4 is 0 Å². The molecule has 20 heavy (non-hydrogen) atoms. The molecule has 1 aliphatic rings. The number of carbonyl (C=O) groups excluding carboxylic acids is 1. The minimum Gasteiger partial charge on any atom is -0.395 e. The summed E-state index contributed by atoms with van der Waals surface area (Å²) in [5, 5.41) is 10.6. The van der Waals surface area contributed by atoms with Crippen LogP contribution in [-0.4, -0.2) is 47.8 Å². The predicted octanol–water partition coefficient (Wildman–Crippen LogP) is 1.73. The van der Waals surface area contributed by atoms with Crippen LogP contribution in [0.15, 0.2) is 11.4 Å². The molecule has 1 saturated heterocycles. The Labute approximate surface area is 123 Å². The summed E-state index contributed by atoms with van der Waals surface area (Å²) in [5.74, 6) is 5.85. The fourth-order valence-electron chi connectivity index (χ4n) is 2.27. The number of aliphatic hydroxyl groups excluding tert-OH is 1. The Kier molecular flexibility index (Phi) is 5.18. The van der Waals surface area contributed by atoms with Crippen LogP contribution in [-0.2, 0) is 4.74 Å². The molecule has 0 aromatic carbocycles. The van der Waals surface area contributed by atoms with E-state index in [1.54, 1.807) is 0 Å². The SMILES string of the molecule is C[C@@H]1CN(C(=O)c2sccc2C#CCCO)C[C@H](C)O1. The van der Waals surface area contributed by atoms with Crippen molar-refractivity contribution in [1.82, 2.24) is 4.90 Å². The molecule has 1 aromatic heterocycles. The van der Waals surface area contributed by atoms with Crippen LogP contribution in [0.25, 0.3) is 0 Å². The molecule has 1 aliphatic heterocycles. The Morgan fingerprint density at radius 3 is 2.85 bits per heavy atom. The highest BCUT2D eigenvalue weighted by atomic mass is 32.1. The van der Waals surface area contributed by atoms with Crippen molar-refractivity contribution in [1.29, 1.82) is 0 Å². The molecular weight excluding hydrogens is 274 g/mol. The Bertz CT molecular complexity index is 519. The largest absolute Gasteiger partial charge is 0.395 e. The van der Waals surface area contributed by atoms with Crippen LogP contribution in [0.4, 0.5) is 0 Å². The maximum Gasteiger partial charge on any atom is 0.265 e. The molecule has 0 saturated carbocycles. The van der Waals surface area contributed by atoms with E-state index in [9.17, 15) is 4.79 Å². The third-order valence-electron chi connectivity index (χ3n) is 3.03. The number of ether oxygens (including phenoxy) is 1. The second kappa shape index (κ2) is 6.89. The maximum absolute atomic E-state index is 12.6. The van der Waals surface area contributed by atoms with Gasteiger partial charge in [-0.1, -0.05) is 11.8 Å². The van der Waals surface area contributed by atoms with Gasteiger partial charge >= 0.3 is 0 Å². The normalized spacial score (nSPS) is 22.2. The van der Waals surface area contributed by atoms with Gasteiger partial charge in [-0.05, 0) is 25.3 Å². The number of rotatable bonds is 2. The van der Waals surface area contributed by atoms with E-state index in [0.717, 1.165) is 5.56 Å². The number of aliphatic hydroxyl groups is 1. The highest BCUT2D eigenvalue weighted by Gasteiger charge is 2.28. The minimum atomic E-state index is 0.0234. The average Bonchev–Trinajstić information content (AvgIpc) is 2.85. The Morgan fingerprint density at radius 1 is 1.50 bits per heavy atom. The first-order valence-corrected chi connectivity index (χ1v) is 7.61. The quantitative estimate of drug-likeness (QED) is 0.845. The van der Waals surface area contributed by atoms with Crippen LogP contribution in [0.1, 0.15) is 35.5 Å². The van der Waals surface area contributed by atoms with Crippen LogP contribution in [0.2, 0.25) is 0 Å². The monoisotopic (exact) mass is 293 g/mol. The van der Waals surface area contributed by atoms with E-state index in [4.69, 9.17) is 9.84 Å². The predicted molar refractivity (Wildman–Crippen MR) is 78.8 cm³/mol. The van der Waals surface area contributed by atoms with Crippen molar-refractivity contribution in [3.8, 4) is 11.8 Å². The molecule has 2 heterocycles. The van der Waals surface area contributed by atoms with Crippen molar-refractivity contribution in [2.75, 3.05) is 19.7 Å². The molecule has 108 valence electrons. The summed E-state index contributed by atoms with van der Waals surface area (Å²) in [4.78, 5) is 15.1. The molecule has 0 aliphatic carbocycles. The summed E-state index contributed by atoms with van der Waals surface area (Å²) in [6.07, 6.45) is 0.549. The summed E-state index contributed by atoms with van der Waals surface area (Å²) in [6, 6.07) is 1.86. The molecule has 1 fully saturated rings. The lowest BCUT2D eigenvalue weighted by Crippen LogP contribution is -2.48.